The second-order valence-electron chi connectivity index (χ2n) is 1.09. The van der Waals surface area contributed by atoms with Crippen molar-refractivity contribution in [1.82, 2.24) is 0 Å². The lowest BCUT2D eigenvalue weighted by molar-refractivity contribution is -0.268. The molecule has 0 aromatic rings. The topological polar surface area (TPSA) is 27.7 Å². The second kappa shape index (κ2) is 3.60. The Balaban J connectivity index is 3.58. The first-order valence-electron chi connectivity index (χ1n) is 2.03. The molecule has 0 radical (unpaired) electrons. The van der Waals surface area contributed by atoms with Crippen molar-refractivity contribution in [2.45, 2.75) is 3.98 Å². The number of hydrogen-bond acceptors (Lipinski definition) is 3. The van der Waals surface area contributed by atoms with Crippen molar-refractivity contribution in [1.29, 1.82) is 0 Å². The molecule has 0 aliphatic carbocycles. The average molecular weight is 232 g/mol. The van der Waals surface area contributed by atoms with Crippen LogP contribution in [0.1, 0.15) is 0 Å². The van der Waals surface area contributed by atoms with Crippen LogP contribution in [0.25, 0.3) is 0 Å². The summed E-state index contributed by atoms with van der Waals surface area (Å²) in [5, 5.41) is 0. The van der Waals surface area contributed by atoms with Crippen LogP contribution in [0.2, 0.25) is 0 Å². The molecule has 0 aliphatic rings. The van der Waals surface area contributed by atoms with Gasteiger partial charge in [-0.05, 0) is 0 Å². The highest BCUT2D eigenvalue weighted by Gasteiger charge is 2.23. The first-order valence-corrected chi connectivity index (χ1v) is 3.10. The van der Waals surface area contributed by atoms with Crippen molar-refractivity contribution in [2.75, 3.05) is 21.3 Å². The summed E-state index contributed by atoms with van der Waals surface area (Å²) < 4.78 is 13.4. The van der Waals surface area contributed by atoms with Crippen LogP contribution in [0.15, 0.2) is 0 Å². The van der Waals surface area contributed by atoms with Crippen molar-refractivity contribution >= 4 is 22.6 Å². The molecule has 0 N–H and O–H groups in total. The molecule has 0 amide bonds. The molecular formula is C4H9IO3. The normalized spacial score (nSPS) is 12.0. The fraction of sp³-hybridized carbons (Fsp3) is 1.00. The van der Waals surface area contributed by atoms with E-state index in [4.69, 9.17) is 14.2 Å². The largest absolute Gasteiger partial charge is 0.337 e. The lowest BCUT2D eigenvalue weighted by Crippen LogP contribution is -2.27. The molecule has 0 saturated heterocycles. The Kier molecular flexibility index (Phi) is 3.87. The minimum Gasteiger partial charge on any atom is -0.323 e. The molecule has 0 heterocycles. The number of hydrogen-bond donors (Lipinski definition) is 0. The molecule has 0 unspecified atom stereocenters. The van der Waals surface area contributed by atoms with Crippen molar-refractivity contribution in [3.05, 3.63) is 0 Å². The second-order valence-corrected chi connectivity index (χ2v) is 2.42. The van der Waals surface area contributed by atoms with Gasteiger partial charge in [-0.3, -0.25) is 0 Å². The molecule has 8 heavy (non-hydrogen) atoms. The molecule has 4 heteroatoms. The van der Waals surface area contributed by atoms with Crippen LogP contribution in [0.5, 0.6) is 0 Å². The summed E-state index contributed by atoms with van der Waals surface area (Å²) in [6, 6.07) is 0. The van der Waals surface area contributed by atoms with E-state index in [0.29, 0.717) is 0 Å². The summed E-state index contributed by atoms with van der Waals surface area (Å²) in [6.07, 6.45) is 0. The summed E-state index contributed by atoms with van der Waals surface area (Å²) in [5.41, 5.74) is 0. The predicted octanol–water partition coefficient (Wildman–Crippen LogP) is 0.972. The molecule has 0 aromatic heterocycles. The van der Waals surface area contributed by atoms with Crippen LogP contribution in [0.4, 0.5) is 0 Å². The van der Waals surface area contributed by atoms with Crippen LogP contribution in [0, 0.1) is 0 Å². The summed E-state index contributed by atoms with van der Waals surface area (Å²) in [5.74, 6) is 0. The van der Waals surface area contributed by atoms with Crippen molar-refractivity contribution in [3.8, 4) is 0 Å². The van der Waals surface area contributed by atoms with Gasteiger partial charge in [-0.2, -0.15) is 0 Å². The first-order chi connectivity index (χ1) is 3.68. The number of ether oxygens (including phenoxy) is 3. The maximum Gasteiger partial charge on any atom is 0.337 e. The van der Waals surface area contributed by atoms with E-state index in [1.165, 1.54) is 21.3 Å². The molecule has 0 aliphatic heterocycles. The number of methoxy groups -OCH3 is 3. The van der Waals surface area contributed by atoms with Gasteiger partial charge in [-0.15, -0.1) is 0 Å². The summed E-state index contributed by atoms with van der Waals surface area (Å²) in [6.45, 7) is 0. The van der Waals surface area contributed by atoms with Gasteiger partial charge in [0.1, 0.15) is 0 Å². The first kappa shape index (κ1) is 8.61. The van der Waals surface area contributed by atoms with Crippen LogP contribution >= 0.6 is 22.6 Å². The fourth-order valence-electron chi connectivity index (χ4n) is 0.250. The van der Waals surface area contributed by atoms with E-state index in [9.17, 15) is 0 Å². The summed E-state index contributed by atoms with van der Waals surface area (Å²) in [7, 11) is 4.54. The molecule has 0 spiro atoms. The smallest absolute Gasteiger partial charge is 0.323 e. The molecule has 0 bridgehead atoms. The van der Waals surface area contributed by atoms with Crippen LogP contribution < -0.4 is 0 Å². The zero-order valence-electron chi connectivity index (χ0n) is 5.10. The number of alkyl halides is 1. The van der Waals surface area contributed by atoms with Gasteiger partial charge >= 0.3 is 3.98 Å². The number of halogens is 1. The molecule has 0 atom stereocenters. The minimum atomic E-state index is -0.905. The van der Waals surface area contributed by atoms with Gasteiger partial charge in [0.15, 0.2) is 0 Å². The molecule has 0 fully saturated rings. The lowest BCUT2D eigenvalue weighted by atomic mass is 11.2. The Morgan fingerprint density at radius 3 is 1.25 bits per heavy atom. The van der Waals surface area contributed by atoms with E-state index >= 15 is 0 Å². The Morgan fingerprint density at radius 1 is 1.00 bits per heavy atom. The van der Waals surface area contributed by atoms with Crippen LogP contribution in [0.3, 0.4) is 0 Å². The lowest BCUT2D eigenvalue weighted by Gasteiger charge is -2.20. The molecule has 0 saturated carbocycles. The summed E-state index contributed by atoms with van der Waals surface area (Å²) in [4.78, 5) is 0. The molecule has 50 valence electrons. The van der Waals surface area contributed by atoms with Crippen molar-refractivity contribution < 1.29 is 14.2 Å². The van der Waals surface area contributed by atoms with E-state index in [-0.39, 0.29) is 0 Å². The third-order valence-corrected chi connectivity index (χ3v) is 2.05. The highest BCUT2D eigenvalue weighted by atomic mass is 127. The monoisotopic (exact) mass is 232 g/mol. The Morgan fingerprint density at radius 2 is 1.25 bits per heavy atom. The summed E-state index contributed by atoms with van der Waals surface area (Å²) >= 11 is 1.90. The highest BCUT2D eigenvalue weighted by Crippen LogP contribution is 2.19. The maximum absolute atomic E-state index is 4.78. The Labute approximate surface area is 62.4 Å². The minimum absolute atomic E-state index is 0.905. The van der Waals surface area contributed by atoms with Gasteiger partial charge in [-0.25, -0.2) is 0 Å². The average Bonchev–Trinajstić information content (AvgIpc) is 1.87. The fourth-order valence-corrected chi connectivity index (χ4v) is 0.250. The quantitative estimate of drug-likeness (QED) is 0.412. The Bertz CT molecular complexity index is 54.0. The van der Waals surface area contributed by atoms with E-state index < -0.39 is 3.98 Å². The van der Waals surface area contributed by atoms with Crippen LogP contribution in [-0.4, -0.2) is 25.3 Å². The van der Waals surface area contributed by atoms with E-state index in [1.54, 1.807) is 0 Å². The molecule has 0 aromatic carbocycles. The Hall–Kier alpha value is 0.610. The third-order valence-electron chi connectivity index (χ3n) is 0.731. The SMILES string of the molecule is COC(I)(OC)OC. The zero-order chi connectivity index (χ0) is 6.62. The van der Waals surface area contributed by atoms with Gasteiger partial charge in [0, 0.05) is 43.9 Å². The highest BCUT2D eigenvalue weighted by molar-refractivity contribution is 14.1. The standard InChI is InChI=1S/C4H9IO3/c1-6-4(5,7-2)8-3/h1-3H3. The van der Waals surface area contributed by atoms with Gasteiger partial charge in [0.25, 0.3) is 0 Å². The van der Waals surface area contributed by atoms with E-state index in [1.807, 2.05) is 22.6 Å². The molecular weight excluding hydrogens is 223 g/mol. The molecule has 0 rings (SSSR count). The van der Waals surface area contributed by atoms with Crippen molar-refractivity contribution in [2.24, 2.45) is 0 Å². The van der Waals surface area contributed by atoms with Gasteiger partial charge in [0.2, 0.25) is 0 Å². The third kappa shape index (κ3) is 2.25. The van der Waals surface area contributed by atoms with Gasteiger partial charge in [-0.1, -0.05) is 0 Å². The zero-order valence-corrected chi connectivity index (χ0v) is 7.26. The molecule has 3 nitrogen and oxygen atoms in total. The van der Waals surface area contributed by atoms with E-state index in [0.717, 1.165) is 0 Å². The van der Waals surface area contributed by atoms with Crippen molar-refractivity contribution in [3.63, 3.8) is 0 Å². The predicted molar refractivity (Wildman–Crippen MR) is 37.8 cm³/mol. The van der Waals surface area contributed by atoms with Crippen LogP contribution in [-0.2, 0) is 14.2 Å². The van der Waals surface area contributed by atoms with Gasteiger partial charge < -0.3 is 14.2 Å². The maximum atomic E-state index is 4.78. The number of rotatable bonds is 3. The van der Waals surface area contributed by atoms with Gasteiger partial charge in [0.05, 0.1) is 0 Å². The van der Waals surface area contributed by atoms with E-state index in [2.05, 4.69) is 0 Å².